The largest absolute Gasteiger partial charge is 0.543 e. The van der Waals surface area contributed by atoms with Crippen molar-refractivity contribution in [2.45, 2.75) is 0 Å². The van der Waals surface area contributed by atoms with Crippen molar-refractivity contribution >= 4 is 18.7 Å². The van der Waals surface area contributed by atoms with Crippen molar-refractivity contribution < 1.29 is 24.6 Å². The first-order valence-electron chi connectivity index (χ1n) is 1.36. The van der Waals surface area contributed by atoms with Gasteiger partial charge in [0.25, 0.3) is 0 Å². The van der Waals surface area contributed by atoms with Crippen molar-refractivity contribution in [3.63, 3.8) is 0 Å². The van der Waals surface area contributed by atoms with Crippen molar-refractivity contribution in [2.24, 2.45) is 0 Å². The van der Waals surface area contributed by atoms with Gasteiger partial charge in [0.1, 0.15) is 6.79 Å². The number of carbonyl (C=O) groups is 3. The molecule has 0 aliphatic carbocycles. The van der Waals surface area contributed by atoms with E-state index >= 15 is 0 Å². The van der Waals surface area contributed by atoms with E-state index in [1.807, 2.05) is 6.79 Å². The molecule has 0 rings (SSSR count). The molecule has 0 heterocycles. The lowest BCUT2D eigenvalue weighted by Crippen LogP contribution is -2.42. The maximum absolute atomic E-state index is 8.93. The highest BCUT2D eigenvalue weighted by Crippen LogP contribution is 1.41. The molecule has 0 aromatic carbocycles. The minimum Gasteiger partial charge on any atom is -0.543 e. The van der Waals surface area contributed by atoms with E-state index in [9.17, 15) is 0 Å². The zero-order chi connectivity index (χ0) is 7.15. The minimum absolute atomic E-state index is 2.00. The number of hydrogen-bond acceptors (Lipinski definition) is 5. The molecule has 46 valence electrons. The third-order valence-corrected chi connectivity index (χ3v) is 0.167. The van der Waals surface area contributed by atoms with Crippen LogP contribution in [0.1, 0.15) is 0 Å². The summed E-state index contributed by atoms with van der Waals surface area (Å²) < 4.78 is 0. The average molecular weight is 118 g/mol. The first-order valence-corrected chi connectivity index (χ1v) is 1.36. The Bertz CT molecular complexity index is 83.8. The second-order valence-corrected chi connectivity index (χ2v) is 0.575. The Labute approximate surface area is 44.5 Å². The standard InChI is InChI=1S/C2H2O4.CH2O/c3-1(4)2(5)6;1-2/h(H,3,4)(H,5,6);1H2/p-2. The predicted molar refractivity (Wildman–Crippen MR) is 17.1 cm³/mol. The van der Waals surface area contributed by atoms with Crippen molar-refractivity contribution in [3.05, 3.63) is 0 Å². The quantitative estimate of drug-likeness (QED) is 0.305. The number of aliphatic carboxylic acids is 2. The fourth-order valence-electron chi connectivity index (χ4n) is 0. The van der Waals surface area contributed by atoms with E-state index in [4.69, 9.17) is 24.6 Å². The van der Waals surface area contributed by atoms with E-state index in [0.717, 1.165) is 0 Å². The van der Waals surface area contributed by atoms with Crippen LogP contribution in [0.5, 0.6) is 0 Å². The van der Waals surface area contributed by atoms with Crippen LogP contribution in [-0.4, -0.2) is 18.7 Å². The van der Waals surface area contributed by atoms with E-state index in [2.05, 4.69) is 0 Å². The SMILES string of the molecule is C=O.O=C([O-])C(=O)[O-]. The maximum Gasteiger partial charge on any atom is 0.106 e. The summed E-state index contributed by atoms with van der Waals surface area (Å²) in [6, 6.07) is 0. The molecule has 0 saturated heterocycles. The fourth-order valence-corrected chi connectivity index (χ4v) is 0. The lowest BCUT2D eigenvalue weighted by molar-refractivity contribution is -0.345. The van der Waals surface area contributed by atoms with Crippen LogP contribution < -0.4 is 10.2 Å². The van der Waals surface area contributed by atoms with E-state index < -0.39 is 11.9 Å². The van der Waals surface area contributed by atoms with Crippen LogP contribution in [0.15, 0.2) is 0 Å². The average Bonchev–Trinajstić information content (AvgIpc) is 1.72. The van der Waals surface area contributed by atoms with Gasteiger partial charge in [0.2, 0.25) is 0 Å². The van der Waals surface area contributed by atoms with Crippen LogP contribution >= 0.6 is 0 Å². The summed E-state index contributed by atoms with van der Waals surface area (Å²) in [4.78, 5) is 25.9. The van der Waals surface area contributed by atoms with E-state index in [-0.39, 0.29) is 0 Å². The Morgan fingerprint density at radius 2 is 1.12 bits per heavy atom. The third kappa shape index (κ3) is 8.82. The Morgan fingerprint density at radius 1 is 1.00 bits per heavy atom. The van der Waals surface area contributed by atoms with E-state index in [1.54, 1.807) is 0 Å². The van der Waals surface area contributed by atoms with Gasteiger partial charge < -0.3 is 24.6 Å². The lowest BCUT2D eigenvalue weighted by atomic mass is 10.7. The van der Waals surface area contributed by atoms with Gasteiger partial charge in [0.15, 0.2) is 0 Å². The summed E-state index contributed by atoms with van der Waals surface area (Å²) in [6.45, 7) is 2.00. The molecule has 0 aromatic heterocycles. The van der Waals surface area contributed by atoms with Crippen molar-refractivity contribution in [2.75, 3.05) is 0 Å². The molecule has 0 fully saturated rings. The molecule has 0 bridgehead atoms. The van der Waals surface area contributed by atoms with Gasteiger partial charge in [0.05, 0.1) is 11.9 Å². The zero-order valence-electron chi connectivity index (χ0n) is 3.75. The Balaban J connectivity index is 0. The Hall–Kier alpha value is -1.39. The number of carboxylic acid groups (broad SMARTS) is 2. The van der Waals surface area contributed by atoms with Crippen LogP contribution in [0.4, 0.5) is 0 Å². The summed E-state index contributed by atoms with van der Waals surface area (Å²) in [7, 11) is 0. The normalized spacial score (nSPS) is 6.00. The molecule has 0 saturated carbocycles. The van der Waals surface area contributed by atoms with Crippen molar-refractivity contribution in [1.82, 2.24) is 0 Å². The van der Waals surface area contributed by atoms with Crippen LogP contribution in [0.3, 0.4) is 0 Å². The predicted octanol–water partition coefficient (Wildman–Crippen LogP) is -3.70. The minimum atomic E-state index is -2.19. The topological polar surface area (TPSA) is 97.3 Å². The molecule has 0 aliphatic heterocycles. The highest BCUT2D eigenvalue weighted by atomic mass is 16.4. The molecule has 0 N–H and O–H groups in total. The van der Waals surface area contributed by atoms with Gasteiger partial charge in [-0.15, -0.1) is 0 Å². The summed E-state index contributed by atoms with van der Waals surface area (Å²) >= 11 is 0. The highest BCUT2D eigenvalue weighted by Gasteiger charge is 1.74. The van der Waals surface area contributed by atoms with Crippen LogP contribution in [0.25, 0.3) is 0 Å². The smallest absolute Gasteiger partial charge is 0.106 e. The molecule has 0 atom stereocenters. The highest BCUT2D eigenvalue weighted by molar-refractivity contribution is 6.25. The van der Waals surface area contributed by atoms with Gasteiger partial charge >= 0.3 is 0 Å². The summed E-state index contributed by atoms with van der Waals surface area (Å²) in [5.74, 6) is -4.37. The van der Waals surface area contributed by atoms with Gasteiger partial charge in [-0.05, 0) is 0 Å². The maximum atomic E-state index is 8.93. The molecule has 0 radical (unpaired) electrons. The van der Waals surface area contributed by atoms with E-state index in [1.165, 1.54) is 0 Å². The molecular formula is C3H2O5-2. The molecule has 0 aliphatic rings. The molecule has 5 heteroatoms. The molecule has 5 nitrogen and oxygen atoms in total. The molecular weight excluding hydrogens is 116 g/mol. The second-order valence-electron chi connectivity index (χ2n) is 0.575. The molecule has 0 spiro atoms. The number of rotatable bonds is 0. The summed E-state index contributed by atoms with van der Waals surface area (Å²) in [5, 5.41) is 17.9. The second kappa shape index (κ2) is 5.61. The molecule has 0 aromatic rings. The zero-order valence-corrected chi connectivity index (χ0v) is 3.75. The number of carbonyl (C=O) groups excluding carboxylic acids is 3. The summed E-state index contributed by atoms with van der Waals surface area (Å²) in [6.07, 6.45) is 0. The van der Waals surface area contributed by atoms with Gasteiger partial charge in [-0.3, -0.25) is 0 Å². The molecule has 8 heavy (non-hydrogen) atoms. The fraction of sp³-hybridized carbons (Fsp3) is 0. The summed E-state index contributed by atoms with van der Waals surface area (Å²) in [5.41, 5.74) is 0. The Morgan fingerprint density at radius 3 is 1.12 bits per heavy atom. The molecule has 0 unspecified atom stereocenters. The van der Waals surface area contributed by atoms with Gasteiger partial charge in [-0.1, -0.05) is 0 Å². The van der Waals surface area contributed by atoms with Crippen LogP contribution in [0, 0.1) is 0 Å². The van der Waals surface area contributed by atoms with Crippen molar-refractivity contribution in [3.8, 4) is 0 Å². The number of hydrogen-bond donors (Lipinski definition) is 0. The monoisotopic (exact) mass is 118 g/mol. The lowest BCUT2D eigenvalue weighted by Gasteiger charge is -1.97. The van der Waals surface area contributed by atoms with Gasteiger partial charge in [-0.2, -0.15) is 0 Å². The third-order valence-electron chi connectivity index (χ3n) is 0.167. The van der Waals surface area contributed by atoms with Gasteiger partial charge in [-0.25, -0.2) is 0 Å². The first kappa shape index (κ1) is 9.79. The Kier molecular flexibility index (Phi) is 6.86. The first-order chi connectivity index (χ1) is 3.64. The van der Waals surface area contributed by atoms with Gasteiger partial charge in [0, 0.05) is 0 Å². The van der Waals surface area contributed by atoms with E-state index in [0.29, 0.717) is 0 Å². The number of carboxylic acids is 2. The van der Waals surface area contributed by atoms with Crippen LogP contribution in [0.2, 0.25) is 0 Å². The van der Waals surface area contributed by atoms with Crippen LogP contribution in [-0.2, 0) is 14.4 Å². The van der Waals surface area contributed by atoms with Crippen molar-refractivity contribution in [1.29, 1.82) is 0 Å². The molecule has 0 amide bonds.